The molecule has 2 aliphatic carbocycles. The van der Waals surface area contributed by atoms with Gasteiger partial charge in [-0.2, -0.15) is 0 Å². The normalized spacial score (nSPS) is 14.0. The minimum absolute atomic E-state index is 0.0523. The van der Waals surface area contributed by atoms with Crippen LogP contribution in [0, 0.1) is 0 Å². The zero-order valence-electron chi connectivity index (χ0n) is 37.7. The molecule has 11 aromatic rings. The van der Waals surface area contributed by atoms with Crippen LogP contribution in [0.3, 0.4) is 0 Å². The highest BCUT2D eigenvalue weighted by Gasteiger charge is 2.39. The minimum atomic E-state index is -0.120. The molecule has 0 bridgehead atoms. The summed E-state index contributed by atoms with van der Waals surface area (Å²) in [5.41, 5.74) is 22.6. The lowest BCUT2D eigenvalue weighted by Gasteiger charge is -2.29. The van der Waals surface area contributed by atoms with E-state index in [1.165, 1.54) is 111 Å². The van der Waals surface area contributed by atoms with Crippen molar-refractivity contribution in [3.63, 3.8) is 0 Å². The third-order valence-electron chi connectivity index (χ3n) is 15.0. The van der Waals surface area contributed by atoms with Gasteiger partial charge in [0.05, 0.1) is 22.4 Å². The average molecular weight is 845 g/mol. The Morgan fingerprint density at radius 1 is 0.318 bits per heavy atom. The van der Waals surface area contributed by atoms with E-state index in [1.807, 2.05) is 0 Å². The predicted octanol–water partition coefficient (Wildman–Crippen LogP) is 17.4. The predicted molar refractivity (Wildman–Crippen MR) is 279 cm³/mol. The Labute approximate surface area is 386 Å². The van der Waals surface area contributed by atoms with Gasteiger partial charge in [-0.3, -0.25) is 0 Å². The molecule has 0 radical (unpaired) electrons. The van der Waals surface area contributed by atoms with Gasteiger partial charge in [0.2, 0.25) is 0 Å². The number of anilines is 3. The van der Waals surface area contributed by atoms with Crippen molar-refractivity contribution >= 4 is 49.6 Å². The van der Waals surface area contributed by atoms with E-state index in [2.05, 4.69) is 256 Å². The highest BCUT2D eigenvalue weighted by atomic mass is 15.1. The summed E-state index contributed by atoms with van der Waals surface area (Å²) in [7, 11) is 0. The van der Waals surface area contributed by atoms with Crippen LogP contribution in [0.15, 0.2) is 218 Å². The summed E-state index contributed by atoms with van der Waals surface area (Å²) in [5, 5.41) is 5.00. The molecule has 0 saturated carbocycles. The van der Waals surface area contributed by atoms with E-state index in [0.717, 1.165) is 11.4 Å². The number of para-hydroxylation sites is 2. The van der Waals surface area contributed by atoms with Crippen LogP contribution in [-0.4, -0.2) is 4.57 Å². The van der Waals surface area contributed by atoms with Crippen LogP contribution in [0.4, 0.5) is 17.1 Å². The summed E-state index contributed by atoms with van der Waals surface area (Å²) < 4.78 is 2.44. The lowest BCUT2D eigenvalue weighted by Crippen LogP contribution is -2.16. The zero-order valence-corrected chi connectivity index (χ0v) is 37.7. The number of benzene rings is 10. The van der Waals surface area contributed by atoms with Gasteiger partial charge in [0.15, 0.2) is 0 Å². The summed E-state index contributed by atoms with van der Waals surface area (Å²) >= 11 is 0. The van der Waals surface area contributed by atoms with E-state index in [9.17, 15) is 0 Å². The molecule has 10 aromatic carbocycles. The molecule has 0 amide bonds. The van der Waals surface area contributed by atoms with Gasteiger partial charge < -0.3 is 9.47 Å². The molecule has 66 heavy (non-hydrogen) atoms. The maximum Gasteiger partial charge on any atom is 0.0543 e. The van der Waals surface area contributed by atoms with Crippen LogP contribution < -0.4 is 4.90 Å². The van der Waals surface area contributed by atoms with Crippen molar-refractivity contribution in [3.8, 4) is 50.2 Å². The second-order valence-electron chi connectivity index (χ2n) is 19.2. The van der Waals surface area contributed by atoms with Crippen molar-refractivity contribution in [2.45, 2.75) is 38.5 Å². The molecule has 0 saturated heterocycles. The number of hydrogen-bond acceptors (Lipinski definition) is 1. The van der Waals surface area contributed by atoms with Gasteiger partial charge in [-0.15, -0.1) is 0 Å². The fraction of sp³-hybridized carbons (Fsp3) is 0.0938. The monoisotopic (exact) mass is 844 g/mol. The van der Waals surface area contributed by atoms with E-state index in [-0.39, 0.29) is 10.8 Å². The molecular weight excluding hydrogens is 797 g/mol. The van der Waals surface area contributed by atoms with Gasteiger partial charge in [0.25, 0.3) is 0 Å². The molecule has 0 fully saturated rings. The van der Waals surface area contributed by atoms with Gasteiger partial charge in [0.1, 0.15) is 0 Å². The van der Waals surface area contributed by atoms with Crippen LogP contribution in [0.2, 0.25) is 0 Å². The van der Waals surface area contributed by atoms with Gasteiger partial charge >= 0.3 is 0 Å². The number of nitrogens with zero attached hydrogens (tertiary/aromatic N) is 2. The van der Waals surface area contributed by atoms with Crippen LogP contribution in [-0.2, 0) is 10.8 Å². The zero-order chi connectivity index (χ0) is 44.3. The van der Waals surface area contributed by atoms with Crippen LogP contribution >= 0.6 is 0 Å². The van der Waals surface area contributed by atoms with Crippen LogP contribution in [0.25, 0.3) is 82.8 Å². The summed E-state index contributed by atoms with van der Waals surface area (Å²) in [6.45, 7) is 9.44. The molecule has 1 heterocycles. The first-order valence-electron chi connectivity index (χ1n) is 23.3. The van der Waals surface area contributed by atoms with Gasteiger partial charge in [-0.1, -0.05) is 198 Å². The van der Waals surface area contributed by atoms with Gasteiger partial charge in [0, 0.05) is 43.9 Å². The molecule has 0 aliphatic heterocycles. The summed E-state index contributed by atoms with van der Waals surface area (Å²) in [4.78, 5) is 2.47. The standard InChI is InChI=1S/C64H48N2/c1-63(2)53-24-11-7-21-51(53)61-46(23-15-26-55(61)63)42-33-37-44(38-34-42)65(60-30-16-27-56-62(60)52-22-8-12-25-54(52)64(56,3)4)43-35-31-41(32-36-43)45-39-40-59(48-18-6-5-17-47(45)48)66-57-28-13-9-19-49(57)50-20-10-14-29-58(50)66/h5-40H,1-4H3. The third-order valence-corrected chi connectivity index (χ3v) is 15.0. The first-order valence-corrected chi connectivity index (χ1v) is 23.3. The highest BCUT2D eigenvalue weighted by Crippen LogP contribution is 2.55. The first-order chi connectivity index (χ1) is 32.3. The molecule has 0 N–H and O–H groups in total. The van der Waals surface area contributed by atoms with Crippen molar-refractivity contribution in [2.75, 3.05) is 4.90 Å². The second-order valence-corrected chi connectivity index (χ2v) is 19.2. The summed E-state index contributed by atoms with van der Waals surface area (Å²) in [6, 6.07) is 81.2. The Morgan fingerprint density at radius 3 is 1.36 bits per heavy atom. The quantitative estimate of drug-likeness (QED) is 0.162. The minimum Gasteiger partial charge on any atom is -0.310 e. The molecule has 2 heteroatoms. The molecule has 0 atom stereocenters. The largest absolute Gasteiger partial charge is 0.310 e. The Balaban J connectivity index is 0.950. The van der Waals surface area contributed by atoms with E-state index in [1.54, 1.807) is 0 Å². The van der Waals surface area contributed by atoms with Crippen molar-refractivity contribution < 1.29 is 0 Å². The molecule has 13 rings (SSSR count). The SMILES string of the molecule is CC1(C)c2ccccc2-c2c(-c3ccc(N(c4ccc(-c5ccc(-n6c7ccccc7c7ccccc76)c6ccccc56)cc4)c4cccc5c4-c4ccccc4C5(C)C)cc3)cccc21. The smallest absolute Gasteiger partial charge is 0.0543 e. The number of fused-ring (bicyclic) bond motifs is 10. The Morgan fingerprint density at radius 2 is 0.758 bits per heavy atom. The average Bonchev–Trinajstić information content (AvgIpc) is 3.91. The lowest BCUT2D eigenvalue weighted by atomic mass is 9.82. The van der Waals surface area contributed by atoms with E-state index in [4.69, 9.17) is 0 Å². The lowest BCUT2D eigenvalue weighted by molar-refractivity contribution is 0.660. The Bertz CT molecular complexity index is 3700. The van der Waals surface area contributed by atoms with E-state index >= 15 is 0 Å². The molecule has 2 nitrogen and oxygen atoms in total. The van der Waals surface area contributed by atoms with Crippen LogP contribution in [0.1, 0.15) is 49.9 Å². The first kappa shape index (κ1) is 38.5. The van der Waals surface area contributed by atoms with Crippen molar-refractivity contribution in [1.82, 2.24) is 4.57 Å². The molecule has 2 aliphatic rings. The molecule has 0 spiro atoms. The van der Waals surface area contributed by atoms with Crippen molar-refractivity contribution in [1.29, 1.82) is 0 Å². The fourth-order valence-electron chi connectivity index (χ4n) is 11.8. The molecule has 314 valence electrons. The molecular formula is C64H48N2. The second kappa shape index (κ2) is 14.3. The molecule has 1 aromatic heterocycles. The van der Waals surface area contributed by atoms with Crippen molar-refractivity contribution in [3.05, 3.63) is 241 Å². The van der Waals surface area contributed by atoms with Crippen molar-refractivity contribution in [2.24, 2.45) is 0 Å². The Kier molecular flexibility index (Phi) is 8.33. The fourth-order valence-corrected chi connectivity index (χ4v) is 11.8. The van der Waals surface area contributed by atoms with Gasteiger partial charge in [-0.05, 0) is 115 Å². The number of hydrogen-bond donors (Lipinski definition) is 0. The number of aromatic nitrogens is 1. The summed E-state index contributed by atoms with van der Waals surface area (Å²) in [6.07, 6.45) is 0. The van der Waals surface area contributed by atoms with E-state index in [0.29, 0.717) is 0 Å². The van der Waals surface area contributed by atoms with Crippen LogP contribution in [0.5, 0.6) is 0 Å². The third kappa shape index (κ3) is 5.48. The molecule has 0 unspecified atom stereocenters. The van der Waals surface area contributed by atoms with Gasteiger partial charge in [-0.25, -0.2) is 0 Å². The maximum absolute atomic E-state index is 2.47. The maximum atomic E-state index is 2.47. The topological polar surface area (TPSA) is 8.17 Å². The summed E-state index contributed by atoms with van der Waals surface area (Å²) in [5.74, 6) is 0. The Hall–Kier alpha value is -7.94. The van der Waals surface area contributed by atoms with E-state index < -0.39 is 0 Å². The number of rotatable bonds is 6. The highest BCUT2D eigenvalue weighted by molar-refractivity contribution is 6.11.